The van der Waals surface area contributed by atoms with E-state index in [2.05, 4.69) is 15.1 Å². The molecule has 0 unspecified atom stereocenters. The van der Waals surface area contributed by atoms with Crippen molar-refractivity contribution < 1.29 is 17.6 Å². The zero-order valence-corrected chi connectivity index (χ0v) is 18.4. The van der Waals surface area contributed by atoms with E-state index in [0.29, 0.717) is 28.9 Å². The maximum atomic E-state index is 13.2. The number of aromatic nitrogens is 2. The minimum atomic E-state index is -3.62. The van der Waals surface area contributed by atoms with Crippen LogP contribution in [0.1, 0.15) is 42.4 Å². The van der Waals surface area contributed by atoms with Gasteiger partial charge in [0, 0.05) is 12.6 Å². The summed E-state index contributed by atoms with van der Waals surface area (Å²) >= 11 is 0. The second-order valence-electron chi connectivity index (χ2n) is 7.35. The third-order valence-corrected chi connectivity index (χ3v) is 6.23. The highest BCUT2D eigenvalue weighted by Gasteiger charge is 2.18. The zero-order chi connectivity index (χ0) is 22.6. The number of nitrogens with zero attached hydrogens (tertiary/aromatic N) is 2. The Morgan fingerprint density at radius 3 is 2.52 bits per heavy atom. The highest BCUT2D eigenvalue weighted by molar-refractivity contribution is 7.89. The Morgan fingerprint density at radius 2 is 1.87 bits per heavy atom. The second-order valence-corrected chi connectivity index (χ2v) is 9.07. The molecule has 0 radical (unpaired) electrons. The summed E-state index contributed by atoms with van der Waals surface area (Å²) in [5.74, 6) is -0.668. The predicted octanol–water partition coefficient (Wildman–Crippen LogP) is 3.19. The van der Waals surface area contributed by atoms with Gasteiger partial charge in [0.05, 0.1) is 28.0 Å². The molecule has 0 spiro atoms. The Kier molecular flexibility index (Phi) is 6.87. The number of amides is 1. The molecule has 0 bridgehead atoms. The minimum Gasteiger partial charge on any atom is -0.348 e. The van der Waals surface area contributed by atoms with Crippen LogP contribution in [-0.2, 0) is 23.0 Å². The standard InChI is InChI=1S/C22H25FN4O3S/c1-4-21-20(14-25-27(21)18-10-8-17(23)9-11-18)22(28)24-13-16-6-5-7-19(12-16)31(29,30)26-15(2)3/h5-12,14-15,26H,4,13H2,1-3H3,(H,24,28). The number of hydrogen-bond donors (Lipinski definition) is 2. The van der Waals surface area contributed by atoms with Crippen LogP contribution in [0.25, 0.3) is 5.69 Å². The van der Waals surface area contributed by atoms with Crippen LogP contribution >= 0.6 is 0 Å². The first-order chi connectivity index (χ1) is 14.7. The summed E-state index contributed by atoms with van der Waals surface area (Å²) in [5, 5.41) is 7.10. The van der Waals surface area contributed by atoms with Crippen molar-refractivity contribution in [3.05, 3.63) is 77.4 Å². The van der Waals surface area contributed by atoms with Gasteiger partial charge in [0.1, 0.15) is 5.82 Å². The molecule has 7 nitrogen and oxygen atoms in total. The molecule has 0 saturated carbocycles. The quantitative estimate of drug-likeness (QED) is 0.558. The second kappa shape index (κ2) is 9.40. The van der Waals surface area contributed by atoms with Crippen molar-refractivity contribution in [2.24, 2.45) is 0 Å². The summed E-state index contributed by atoms with van der Waals surface area (Å²) in [6.07, 6.45) is 2.03. The summed E-state index contributed by atoms with van der Waals surface area (Å²) < 4.78 is 42.1. The lowest BCUT2D eigenvalue weighted by molar-refractivity contribution is 0.0950. The average molecular weight is 445 g/mol. The van der Waals surface area contributed by atoms with Gasteiger partial charge in [-0.15, -0.1) is 0 Å². The molecule has 3 rings (SSSR count). The van der Waals surface area contributed by atoms with E-state index in [0.717, 1.165) is 0 Å². The van der Waals surface area contributed by atoms with Gasteiger partial charge in [0.2, 0.25) is 10.0 Å². The molecule has 1 heterocycles. The van der Waals surface area contributed by atoms with Crippen LogP contribution in [0.15, 0.2) is 59.6 Å². The fraction of sp³-hybridized carbons (Fsp3) is 0.273. The van der Waals surface area contributed by atoms with Crippen LogP contribution in [0.2, 0.25) is 0 Å². The van der Waals surface area contributed by atoms with Gasteiger partial charge in [-0.25, -0.2) is 22.2 Å². The van der Waals surface area contributed by atoms with Crippen molar-refractivity contribution >= 4 is 15.9 Å². The molecule has 0 aliphatic rings. The summed E-state index contributed by atoms with van der Waals surface area (Å²) in [6, 6.07) is 12.1. The third kappa shape index (κ3) is 5.36. The van der Waals surface area contributed by atoms with Gasteiger partial charge in [-0.1, -0.05) is 19.1 Å². The predicted molar refractivity (Wildman–Crippen MR) is 116 cm³/mol. The lowest BCUT2D eigenvalue weighted by atomic mass is 10.1. The zero-order valence-electron chi connectivity index (χ0n) is 17.6. The molecule has 2 aromatic carbocycles. The maximum Gasteiger partial charge on any atom is 0.255 e. The Labute approximate surface area is 181 Å². The number of benzene rings is 2. The lowest BCUT2D eigenvalue weighted by Gasteiger charge is -2.11. The molecule has 0 aliphatic carbocycles. The SMILES string of the molecule is CCc1c(C(=O)NCc2cccc(S(=O)(=O)NC(C)C)c2)cnn1-c1ccc(F)cc1. The van der Waals surface area contributed by atoms with Gasteiger partial charge in [0.15, 0.2) is 0 Å². The van der Waals surface area contributed by atoms with E-state index in [1.54, 1.807) is 42.8 Å². The Balaban J connectivity index is 1.76. The first-order valence-electron chi connectivity index (χ1n) is 9.93. The summed E-state index contributed by atoms with van der Waals surface area (Å²) in [5.41, 5.74) is 2.43. The molecule has 0 saturated heterocycles. The van der Waals surface area contributed by atoms with Crippen LogP contribution < -0.4 is 10.0 Å². The van der Waals surface area contributed by atoms with E-state index in [1.165, 1.54) is 30.5 Å². The Bertz CT molecular complexity index is 1170. The summed E-state index contributed by atoms with van der Waals surface area (Å²) in [7, 11) is -3.62. The first kappa shape index (κ1) is 22.6. The Morgan fingerprint density at radius 1 is 1.16 bits per heavy atom. The minimum absolute atomic E-state index is 0.145. The number of sulfonamides is 1. The fourth-order valence-corrected chi connectivity index (χ4v) is 4.51. The number of rotatable bonds is 8. The van der Waals surface area contributed by atoms with Gasteiger partial charge in [0.25, 0.3) is 5.91 Å². The highest BCUT2D eigenvalue weighted by atomic mass is 32.2. The van der Waals surface area contributed by atoms with Gasteiger partial charge in [-0.05, 0) is 62.2 Å². The number of halogens is 1. The normalized spacial score (nSPS) is 11.6. The van der Waals surface area contributed by atoms with Gasteiger partial charge in [-0.2, -0.15) is 5.10 Å². The van der Waals surface area contributed by atoms with Crippen molar-refractivity contribution in [3.63, 3.8) is 0 Å². The van der Waals surface area contributed by atoms with Crippen molar-refractivity contribution in [1.82, 2.24) is 19.8 Å². The maximum absolute atomic E-state index is 13.2. The average Bonchev–Trinajstić information content (AvgIpc) is 3.16. The van der Waals surface area contributed by atoms with Crippen LogP contribution in [-0.4, -0.2) is 30.1 Å². The van der Waals surface area contributed by atoms with E-state index in [9.17, 15) is 17.6 Å². The fourth-order valence-electron chi connectivity index (χ4n) is 3.19. The van der Waals surface area contributed by atoms with Crippen LogP contribution in [0.3, 0.4) is 0 Å². The molecule has 0 atom stereocenters. The molecule has 9 heteroatoms. The van der Waals surface area contributed by atoms with E-state index < -0.39 is 10.0 Å². The Hall–Kier alpha value is -3.04. The van der Waals surface area contributed by atoms with E-state index in [1.807, 2.05) is 6.92 Å². The van der Waals surface area contributed by atoms with Crippen molar-refractivity contribution in [3.8, 4) is 5.69 Å². The number of carbonyl (C=O) groups is 1. The van der Waals surface area contributed by atoms with E-state index in [4.69, 9.17) is 0 Å². The molecule has 0 aliphatic heterocycles. The van der Waals surface area contributed by atoms with Gasteiger partial charge >= 0.3 is 0 Å². The van der Waals surface area contributed by atoms with Gasteiger partial charge < -0.3 is 5.32 Å². The van der Waals surface area contributed by atoms with Crippen LogP contribution in [0, 0.1) is 5.82 Å². The smallest absolute Gasteiger partial charge is 0.255 e. The largest absolute Gasteiger partial charge is 0.348 e. The van der Waals surface area contributed by atoms with Crippen molar-refractivity contribution in [2.45, 2.75) is 44.7 Å². The van der Waals surface area contributed by atoms with Crippen LogP contribution in [0.4, 0.5) is 4.39 Å². The third-order valence-electron chi connectivity index (χ3n) is 4.57. The molecule has 1 aromatic heterocycles. The lowest BCUT2D eigenvalue weighted by Crippen LogP contribution is -2.30. The van der Waals surface area contributed by atoms with Crippen LogP contribution in [0.5, 0.6) is 0 Å². The summed E-state index contributed by atoms with van der Waals surface area (Å²) in [4.78, 5) is 12.9. The molecular formula is C22H25FN4O3S. The monoisotopic (exact) mass is 444 g/mol. The summed E-state index contributed by atoms with van der Waals surface area (Å²) in [6.45, 7) is 5.57. The molecular weight excluding hydrogens is 419 g/mol. The van der Waals surface area contributed by atoms with Crippen molar-refractivity contribution in [2.75, 3.05) is 0 Å². The number of nitrogens with one attached hydrogen (secondary N) is 2. The van der Waals surface area contributed by atoms with Gasteiger partial charge in [-0.3, -0.25) is 4.79 Å². The molecule has 2 N–H and O–H groups in total. The van der Waals surface area contributed by atoms with Crippen molar-refractivity contribution in [1.29, 1.82) is 0 Å². The number of carbonyl (C=O) groups excluding carboxylic acids is 1. The molecule has 164 valence electrons. The molecule has 3 aromatic rings. The highest BCUT2D eigenvalue weighted by Crippen LogP contribution is 2.17. The first-order valence-corrected chi connectivity index (χ1v) is 11.4. The molecule has 31 heavy (non-hydrogen) atoms. The molecule has 0 fully saturated rings. The molecule has 1 amide bonds. The van der Waals surface area contributed by atoms with E-state index in [-0.39, 0.29) is 29.2 Å². The van der Waals surface area contributed by atoms with E-state index >= 15 is 0 Å². The number of hydrogen-bond acceptors (Lipinski definition) is 4. The topological polar surface area (TPSA) is 93.1 Å².